The fourth-order valence-corrected chi connectivity index (χ4v) is 2.80. The second-order valence-corrected chi connectivity index (χ2v) is 6.57. The van der Waals surface area contributed by atoms with E-state index in [1.807, 2.05) is 6.07 Å². The van der Waals surface area contributed by atoms with E-state index < -0.39 is 17.8 Å². The van der Waals surface area contributed by atoms with Gasteiger partial charge in [0.1, 0.15) is 0 Å². The molecule has 2 aromatic rings. The predicted octanol–water partition coefficient (Wildman–Crippen LogP) is 1.67. The summed E-state index contributed by atoms with van der Waals surface area (Å²) >= 11 is 0. The molecule has 9 nitrogen and oxygen atoms in total. The van der Waals surface area contributed by atoms with Crippen LogP contribution in [-0.4, -0.2) is 40.2 Å². The molecule has 0 atom stereocenters. The van der Waals surface area contributed by atoms with E-state index in [4.69, 9.17) is 5.73 Å². The van der Waals surface area contributed by atoms with Crippen molar-refractivity contribution in [2.45, 2.75) is 19.9 Å². The first kappa shape index (κ1) is 20.6. The molecule has 1 heterocycles. The van der Waals surface area contributed by atoms with E-state index in [9.17, 15) is 19.2 Å². The van der Waals surface area contributed by atoms with Gasteiger partial charge < -0.3 is 11.1 Å². The quantitative estimate of drug-likeness (QED) is 0.780. The molecule has 3 N–H and O–H groups in total. The number of nitrogens with zero attached hydrogens (tertiary/aromatic N) is 3. The maximum absolute atomic E-state index is 12.7. The molecule has 3 rings (SSSR count). The average Bonchev–Trinajstić information content (AvgIpc) is 2.70. The molecule has 0 bridgehead atoms. The molecule has 5 amide bonds. The second-order valence-electron chi connectivity index (χ2n) is 6.57. The molecule has 30 heavy (non-hydrogen) atoms. The largest absolute Gasteiger partial charge is 0.382 e. The summed E-state index contributed by atoms with van der Waals surface area (Å²) in [6.45, 7) is 1.39. The number of hydrogen-bond acceptors (Lipinski definition) is 5. The minimum atomic E-state index is -0.804. The Balaban J connectivity index is 1.75. The zero-order valence-electron chi connectivity index (χ0n) is 16.2. The van der Waals surface area contributed by atoms with Crippen LogP contribution in [0.1, 0.15) is 18.1 Å². The van der Waals surface area contributed by atoms with E-state index in [-0.39, 0.29) is 30.4 Å². The predicted molar refractivity (Wildman–Crippen MR) is 111 cm³/mol. The molecule has 0 saturated heterocycles. The molecule has 0 fully saturated rings. The number of rotatable bonds is 5. The molecular formula is C21H19N5O4. The van der Waals surface area contributed by atoms with Crippen LogP contribution in [0.3, 0.4) is 0 Å². The Labute approximate surface area is 172 Å². The minimum absolute atomic E-state index is 0.00684. The van der Waals surface area contributed by atoms with Crippen LogP contribution in [0.4, 0.5) is 10.5 Å². The number of imide groups is 1. The van der Waals surface area contributed by atoms with E-state index >= 15 is 0 Å². The van der Waals surface area contributed by atoms with Crippen LogP contribution in [0.2, 0.25) is 0 Å². The van der Waals surface area contributed by atoms with Crippen molar-refractivity contribution in [1.82, 2.24) is 4.90 Å². The summed E-state index contributed by atoms with van der Waals surface area (Å²) in [5.74, 6) is -1.97. The third-order valence-electron chi connectivity index (χ3n) is 4.19. The number of anilines is 1. The number of benzene rings is 2. The topological polar surface area (TPSA) is 134 Å². The van der Waals surface area contributed by atoms with Gasteiger partial charge in [-0.15, -0.1) is 0 Å². The number of amidine groups is 1. The van der Waals surface area contributed by atoms with Gasteiger partial charge in [-0.25, -0.2) is 9.79 Å². The Morgan fingerprint density at radius 3 is 2.33 bits per heavy atom. The molecule has 0 saturated carbocycles. The summed E-state index contributed by atoms with van der Waals surface area (Å²) in [4.78, 5) is 56.6. The second kappa shape index (κ2) is 8.91. The van der Waals surface area contributed by atoms with E-state index in [1.54, 1.807) is 48.5 Å². The Morgan fingerprint density at radius 1 is 1.03 bits per heavy atom. The number of amides is 5. The highest BCUT2D eigenvalue weighted by molar-refractivity contribution is 6.69. The van der Waals surface area contributed by atoms with Gasteiger partial charge in [0, 0.05) is 12.6 Å². The van der Waals surface area contributed by atoms with Gasteiger partial charge in [0.2, 0.25) is 5.91 Å². The first-order valence-electron chi connectivity index (χ1n) is 9.06. The summed E-state index contributed by atoms with van der Waals surface area (Å²) in [5.41, 5.74) is 7.28. The van der Waals surface area contributed by atoms with Gasteiger partial charge in [-0.2, -0.15) is 4.99 Å². The number of nitrogens with one attached hydrogen (secondary N) is 1. The highest BCUT2D eigenvalue weighted by Gasteiger charge is 2.33. The lowest BCUT2D eigenvalue weighted by molar-refractivity contribution is -0.122. The maximum atomic E-state index is 12.7. The molecule has 9 heteroatoms. The van der Waals surface area contributed by atoms with Crippen molar-refractivity contribution in [3.8, 4) is 0 Å². The third-order valence-corrected chi connectivity index (χ3v) is 4.19. The SMILES string of the molecule is CC(=O)Nc1ccc(CC(=O)N=C2C(=O)N(Cc3ccccc3)C(=O)N=C2N)cc1. The lowest BCUT2D eigenvalue weighted by Crippen LogP contribution is -2.49. The van der Waals surface area contributed by atoms with E-state index in [0.29, 0.717) is 11.3 Å². The first-order valence-corrected chi connectivity index (χ1v) is 9.06. The Kier molecular flexibility index (Phi) is 6.11. The molecule has 1 aliphatic heterocycles. The van der Waals surface area contributed by atoms with Gasteiger partial charge in [0.25, 0.3) is 11.8 Å². The summed E-state index contributed by atoms with van der Waals surface area (Å²) in [6, 6.07) is 14.7. The number of aliphatic imine (C=N–C) groups is 2. The summed E-state index contributed by atoms with van der Waals surface area (Å²) in [7, 11) is 0. The number of hydrogen-bond donors (Lipinski definition) is 2. The smallest absolute Gasteiger partial charge is 0.352 e. The Morgan fingerprint density at radius 2 is 1.70 bits per heavy atom. The summed E-state index contributed by atoms with van der Waals surface area (Å²) in [5, 5.41) is 2.63. The van der Waals surface area contributed by atoms with Gasteiger partial charge in [-0.3, -0.25) is 19.3 Å². The van der Waals surface area contributed by atoms with Gasteiger partial charge in [0.05, 0.1) is 13.0 Å². The molecule has 1 aliphatic rings. The first-order chi connectivity index (χ1) is 14.3. The number of carbonyl (C=O) groups excluding carboxylic acids is 4. The van der Waals surface area contributed by atoms with Crippen LogP contribution >= 0.6 is 0 Å². The van der Waals surface area contributed by atoms with Crippen LogP contribution in [0.5, 0.6) is 0 Å². The van der Waals surface area contributed by atoms with Crippen molar-refractivity contribution in [2.75, 3.05) is 5.32 Å². The molecule has 0 unspecified atom stereocenters. The third kappa shape index (κ3) is 5.02. The monoisotopic (exact) mass is 405 g/mol. The van der Waals surface area contributed by atoms with Crippen molar-refractivity contribution in [3.05, 3.63) is 65.7 Å². The summed E-state index contributed by atoms with van der Waals surface area (Å²) in [6.07, 6.45) is -0.0863. The van der Waals surface area contributed by atoms with Gasteiger partial charge in [-0.05, 0) is 23.3 Å². The zero-order chi connectivity index (χ0) is 21.7. The fraction of sp³-hybridized carbons (Fsp3) is 0.143. The average molecular weight is 405 g/mol. The van der Waals surface area contributed by atoms with Gasteiger partial charge in [0.15, 0.2) is 11.5 Å². The molecular weight excluding hydrogens is 386 g/mol. The number of nitrogens with two attached hydrogens (primary N) is 1. The van der Waals surface area contributed by atoms with Crippen molar-refractivity contribution in [3.63, 3.8) is 0 Å². The molecule has 0 spiro atoms. The Bertz CT molecular complexity index is 1060. The van der Waals surface area contributed by atoms with Crippen molar-refractivity contribution >= 4 is 41.0 Å². The van der Waals surface area contributed by atoms with Crippen LogP contribution in [-0.2, 0) is 27.3 Å². The molecule has 0 radical (unpaired) electrons. The summed E-state index contributed by atoms with van der Waals surface area (Å²) < 4.78 is 0. The van der Waals surface area contributed by atoms with E-state index in [1.165, 1.54) is 6.92 Å². The van der Waals surface area contributed by atoms with Crippen LogP contribution in [0.25, 0.3) is 0 Å². The van der Waals surface area contributed by atoms with Crippen LogP contribution < -0.4 is 11.1 Å². The van der Waals surface area contributed by atoms with E-state index in [2.05, 4.69) is 15.3 Å². The molecule has 0 aliphatic carbocycles. The lowest BCUT2D eigenvalue weighted by Gasteiger charge is -2.23. The number of carbonyl (C=O) groups is 4. The van der Waals surface area contributed by atoms with Crippen LogP contribution in [0, 0.1) is 0 Å². The standard InChI is InChI=1S/C21H19N5O4/c1-13(27)23-16-9-7-14(8-10-16)11-17(28)24-18-19(22)25-21(30)26(20(18)29)12-15-5-3-2-4-6-15/h2-10H,11-12H2,1H3,(H,23,27)(H2,22,25,30). The van der Waals surface area contributed by atoms with Crippen molar-refractivity contribution in [1.29, 1.82) is 0 Å². The Hall–Kier alpha value is -4.14. The highest BCUT2D eigenvalue weighted by atomic mass is 16.2. The fourth-order valence-electron chi connectivity index (χ4n) is 2.80. The maximum Gasteiger partial charge on any atom is 0.352 e. The normalized spacial score (nSPS) is 15.2. The molecule has 2 aromatic carbocycles. The zero-order valence-corrected chi connectivity index (χ0v) is 16.2. The lowest BCUT2D eigenvalue weighted by atomic mass is 10.1. The van der Waals surface area contributed by atoms with Gasteiger partial charge >= 0.3 is 6.03 Å². The number of urea groups is 1. The van der Waals surface area contributed by atoms with Crippen molar-refractivity contribution < 1.29 is 19.2 Å². The van der Waals surface area contributed by atoms with Crippen molar-refractivity contribution in [2.24, 2.45) is 15.7 Å². The van der Waals surface area contributed by atoms with Gasteiger partial charge in [-0.1, -0.05) is 42.5 Å². The highest BCUT2D eigenvalue weighted by Crippen LogP contribution is 2.13. The molecule has 0 aromatic heterocycles. The van der Waals surface area contributed by atoms with E-state index in [0.717, 1.165) is 10.5 Å². The minimum Gasteiger partial charge on any atom is -0.382 e. The molecule has 152 valence electrons. The van der Waals surface area contributed by atoms with Crippen LogP contribution in [0.15, 0.2) is 64.6 Å².